The molecule has 5 heteroatoms. The lowest BCUT2D eigenvalue weighted by molar-refractivity contribution is -0.131. The number of nitrogens with zero attached hydrogens (tertiary/aromatic N) is 2. The van der Waals surface area contributed by atoms with Crippen LogP contribution in [0.5, 0.6) is 0 Å². The SMILES string of the molecule is Cn1[nH]c(=O)c2c1CN(C(=O)Cc1ccc3ccccc3c1)CC2. The van der Waals surface area contributed by atoms with Crippen molar-refractivity contribution in [2.24, 2.45) is 7.05 Å². The molecule has 1 aliphatic rings. The van der Waals surface area contributed by atoms with Crippen molar-refractivity contribution in [3.05, 3.63) is 69.6 Å². The Kier molecular flexibility index (Phi) is 3.49. The number of amides is 1. The van der Waals surface area contributed by atoms with Crippen molar-refractivity contribution in [3.63, 3.8) is 0 Å². The van der Waals surface area contributed by atoms with Crippen LogP contribution in [0, 0.1) is 0 Å². The maximum absolute atomic E-state index is 12.7. The van der Waals surface area contributed by atoms with Crippen molar-refractivity contribution in [1.82, 2.24) is 14.7 Å². The highest BCUT2D eigenvalue weighted by Crippen LogP contribution is 2.19. The molecule has 122 valence electrons. The van der Waals surface area contributed by atoms with E-state index >= 15 is 0 Å². The number of fused-ring (bicyclic) bond motifs is 2. The van der Waals surface area contributed by atoms with Gasteiger partial charge in [0.25, 0.3) is 5.56 Å². The highest BCUT2D eigenvalue weighted by molar-refractivity contribution is 5.85. The van der Waals surface area contributed by atoms with Gasteiger partial charge >= 0.3 is 0 Å². The van der Waals surface area contributed by atoms with Gasteiger partial charge in [-0.3, -0.25) is 19.4 Å². The standard InChI is InChI=1S/C19H19N3O2/c1-21-17-12-22(9-8-16(17)19(24)20-21)18(23)11-13-6-7-14-4-2-3-5-15(14)10-13/h2-7,10H,8-9,11-12H2,1H3,(H,20,24). The third kappa shape index (κ3) is 2.52. The Balaban J connectivity index is 1.53. The van der Waals surface area contributed by atoms with Crippen molar-refractivity contribution in [2.75, 3.05) is 6.54 Å². The van der Waals surface area contributed by atoms with E-state index in [0.29, 0.717) is 25.9 Å². The summed E-state index contributed by atoms with van der Waals surface area (Å²) in [6.07, 6.45) is 1.01. The number of aryl methyl sites for hydroxylation is 1. The van der Waals surface area contributed by atoms with E-state index in [1.807, 2.05) is 30.1 Å². The Bertz CT molecular complexity index is 984. The highest BCUT2D eigenvalue weighted by atomic mass is 16.2. The van der Waals surface area contributed by atoms with Gasteiger partial charge in [-0.1, -0.05) is 42.5 Å². The Labute approximate surface area is 139 Å². The summed E-state index contributed by atoms with van der Waals surface area (Å²) in [6.45, 7) is 1.10. The first-order chi connectivity index (χ1) is 11.6. The van der Waals surface area contributed by atoms with Crippen molar-refractivity contribution >= 4 is 16.7 Å². The van der Waals surface area contributed by atoms with Crippen LogP contribution in [0.25, 0.3) is 10.8 Å². The zero-order chi connectivity index (χ0) is 16.7. The molecule has 1 aliphatic heterocycles. The maximum atomic E-state index is 12.7. The van der Waals surface area contributed by atoms with Gasteiger partial charge in [-0.15, -0.1) is 0 Å². The first-order valence-corrected chi connectivity index (χ1v) is 8.14. The van der Waals surface area contributed by atoms with Gasteiger partial charge in [0.1, 0.15) is 0 Å². The van der Waals surface area contributed by atoms with Gasteiger partial charge < -0.3 is 4.90 Å². The number of hydrogen-bond acceptors (Lipinski definition) is 2. The van der Waals surface area contributed by atoms with Crippen LogP contribution in [0.4, 0.5) is 0 Å². The summed E-state index contributed by atoms with van der Waals surface area (Å²) in [5, 5.41) is 5.10. The first kappa shape index (κ1) is 14.8. The second-order valence-electron chi connectivity index (χ2n) is 6.35. The summed E-state index contributed by atoms with van der Waals surface area (Å²) in [7, 11) is 1.82. The van der Waals surface area contributed by atoms with Crippen LogP contribution in [0.1, 0.15) is 16.8 Å². The Morgan fingerprint density at radius 3 is 2.79 bits per heavy atom. The number of aromatic nitrogens is 2. The fourth-order valence-corrected chi connectivity index (χ4v) is 3.43. The summed E-state index contributed by atoms with van der Waals surface area (Å²) in [6, 6.07) is 14.3. The molecule has 0 saturated heterocycles. The number of carbonyl (C=O) groups excluding carboxylic acids is 1. The average molecular weight is 321 g/mol. The molecule has 3 aromatic rings. The summed E-state index contributed by atoms with van der Waals surface area (Å²) < 4.78 is 1.73. The van der Waals surface area contributed by atoms with Gasteiger partial charge in [0.05, 0.1) is 18.7 Å². The van der Waals surface area contributed by atoms with Crippen molar-refractivity contribution < 1.29 is 4.79 Å². The quantitative estimate of drug-likeness (QED) is 0.785. The summed E-state index contributed by atoms with van der Waals surface area (Å²) in [5.41, 5.74) is 2.71. The molecular formula is C19H19N3O2. The number of carbonyl (C=O) groups is 1. The third-order valence-corrected chi connectivity index (χ3v) is 4.79. The number of benzene rings is 2. The van der Waals surface area contributed by atoms with Crippen molar-refractivity contribution in [3.8, 4) is 0 Å². The van der Waals surface area contributed by atoms with E-state index in [4.69, 9.17) is 0 Å². The second-order valence-corrected chi connectivity index (χ2v) is 6.35. The van der Waals surface area contributed by atoms with E-state index < -0.39 is 0 Å². The van der Waals surface area contributed by atoms with E-state index in [0.717, 1.165) is 22.2 Å². The minimum Gasteiger partial charge on any atom is -0.336 e. The zero-order valence-corrected chi connectivity index (χ0v) is 13.6. The molecule has 0 saturated carbocycles. The summed E-state index contributed by atoms with van der Waals surface area (Å²) in [4.78, 5) is 26.3. The summed E-state index contributed by atoms with van der Waals surface area (Å²) >= 11 is 0. The van der Waals surface area contributed by atoms with Crippen LogP contribution < -0.4 is 5.56 Å². The minimum absolute atomic E-state index is 0.0332. The van der Waals surface area contributed by atoms with Crippen LogP contribution in [0.2, 0.25) is 0 Å². The van der Waals surface area contributed by atoms with Crippen LogP contribution in [0.3, 0.4) is 0 Å². The van der Waals surface area contributed by atoms with Crippen molar-refractivity contribution in [2.45, 2.75) is 19.4 Å². The molecule has 0 fully saturated rings. The van der Waals surface area contributed by atoms with Crippen LogP contribution >= 0.6 is 0 Å². The Morgan fingerprint density at radius 1 is 1.17 bits per heavy atom. The van der Waals surface area contributed by atoms with Gasteiger partial charge in [-0.2, -0.15) is 0 Å². The monoisotopic (exact) mass is 321 g/mol. The Hall–Kier alpha value is -2.82. The van der Waals surface area contributed by atoms with Crippen molar-refractivity contribution in [1.29, 1.82) is 0 Å². The van der Waals surface area contributed by atoms with Gasteiger partial charge in [-0.25, -0.2) is 0 Å². The van der Waals surface area contributed by atoms with E-state index in [9.17, 15) is 9.59 Å². The molecule has 0 radical (unpaired) electrons. The molecular weight excluding hydrogens is 302 g/mol. The largest absolute Gasteiger partial charge is 0.336 e. The molecule has 0 unspecified atom stereocenters. The molecule has 1 aromatic heterocycles. The van der Waals surface area contributed by atoms with E-state index in [1.165, 1.54) is 5.39 Å². The number of aromatic amines is 1. The van der Waals surface area contributed by atoms with Gasteiger partial charge in [0.15, 0.2) is 0 Å². The summed E-state index contributed by atoms with van der Waals surface area (Å²) in [5.74, 6) is 0.101. The van der Waals surface area contributed by atoms with Gasteiger partial charge in [-0.05, 0) is 22.8 Å². The van der Waals surface area contributed by atoms with Crippen LogP contribution in [-0.4, -0.2) is 27.1 Å². The van der Waals surface area contributed by atoms with E-state index in [2.05, 4.69) is 29.4 Å². The molecule has 0 bridgehead atoms. The van der Waals surface area contributed by atoms with Crippen LogP contribution in [-0.2, 0) is 31.2 Å². The lowest BCUT2D eigenvalue weighted by atomic mass is 10.0. The molecule has 4 rings (SSSR count). The molecule has 2 heterocycles. The van der Waals surface area contributed by atoms with Gasteiger partial charge in [0.2, 0.25) is 5.91 Å². The van der Waals surface area contributed by atoms with E-state index in [1.54, 1.807) is 4.68 Å². The predicted molar refractivity (Wildman–Crippen MR) is 92.8 cm³/mol. The maximum Gasteiger partial charge on any atom is 0.267 e. The molecule has 5 nitrogen and oxygen atoms in total. The number of H-pyrrole nitrogens is 1. The smallest absolute Gasteiger partial charge is 0.267 e. The molecule has 0 spiro atoms. The first-order valence-electron chi connectivity index (χ1n) is 8.14. The predicted octanol–water partition coefficient (Wildman–Crippen LogP) is 1.99. The zero-order valence-electron chi connectivity index (χ0n) is 13.6. The van der Waals surface area contributed by atoms with Crippen LogP contribution in [0.15, 0.2) is 47.3 Å². The lowest BCUT2D eigenvalue weighted by Gasteiger charge is -2.27. The lowest BCUT2D eigenvalue weighted by Crippen LogP contribution is -2.38. The molecule has 1 amide bonds. The molecule has 24 heavy (non-hydrogen) atoms. The topological polar surface area (TPSA) is 58.1 Å². The molecule has 2 aromatic carbocycles. The molecule has 0 atom stereocenters. The fraction of sp³-hybridized carbons (Fsp3) is 0.263. The highest BCUT2D eigenvalue weighted by Gasteiger charge is 2.25. The van der Waals surface area contributed by atoms with Gasteiger partial charge in [0, 0.05) is 19.2 Å². The minimum atomic E-state index is -0.0332. The number of hydrogen-bond donors (Lipinski definition) is 1. The fourth-order valence-electron chi connectivity index (χ4n) is 3.43. The second kappa shape index (κ2) is 5.67. The number of nitrogens with one attached hydrogen (secondary N) is 1. The Morgan fingerprint density at radius 2 is 1.96 bits per heavy atom. The average Bonchev–Trinajstić information content (AvgIpc) is 2.88. The number of rotatable bonds is 2. The normalized spacial score (nSPS) is 14.0. The molecule has 1 N–H and O–H groups in total. The molecule has 0 aliphatic carbocycles. The third-order valence-electron chi connectivity index (χ3n) is 4.79. The van der Waals surface area contributed by atoms with E-state index in [-0.39, 0.29) is 11.5 Å².